The van der Waals surface area contributed by atoms with Crippen molar-refractivity contribution in [3.63, 3.8) is 0 Å². The zero-order chi connectivity index (χ0) is 15.0. The molecular formula is C12H14BN3O5. The van der Waals surface area contributed by atoms with Crippen molar-refractivity contribution in [1.29, 1.82) is 0 Å². The zero-order valence-corrected chi connectivity index (χ0v) is 11.2. The fourth-order valence-corrected chi connectivity index (χ4v) is 2.59. The Kier molecular flexibility index (Phi) is 3.62. The molecule has 9 heteroatoms. The first-order valence-electron chi connectivity index (χ1n) is 6.71. The van der Waals surface area contributed by atoms with Crippen LogP contribution in [0.15, 0.2) is 18.3 Å². The molecule has 110 valence electrons. The summed E-state index contributed by atoms with van der Waals surface area (Å²) >= 11 is 0. The summed E-state index contributed by atoms with van der Waals surface area (Å²) in [5.74, 6) is 0. The van der Waals surface area contributed by atoms with Gasteiger partial charge in [0.15, 0.2) is 6.23 Å². The second-order valence-corrected chi connectivity index (χ2v) is 5.01. The van der Waals surface area contributed by atoms with Crippen molar-refractivity contribution in [3.05, 3.63) is 28.4 Å². The van der Waals surface area contributed by atoms with Gasteiger partial charge in [-0.2, -0.15) is 5.10 Å². The molecule has 0 radical (unpaired) electrons. The molecule has 2 heterocycles. The number of benzene rings is 1. The van der Waals surface area contributed by atoms with Crippen LogP contribution < -0.4 is 5.46 Å². The number of rotatable bonds is 3. The largest absolute Gasteiger partial charge is 0.488 e. The number of hydrogen-bond acceptors (Lipinski definition) is 6. The minimum absolute atomic E-state index is 0.0618. The Morgan fingerprint density at radius 1 is 1.43 bits per heavy atom. The van der Waals surface area contributed by atoms with Crippen LogP contribution in [0.25, 0.3) is 10.9 Å². The predicted molar refractivity (Wildman–Crippen MR) is 75.1 cm³/mol. The zero-order valence-electron chi connectivity index (χ0n) is 11.2. The van der Waals surface area contributed by atoms with E-state index in [4.69, 9.17) is 4.74 Å². The number of nitro groups is 1. The summed E-state index contributed by atoms with van der Waals surface area (Å²) in [5, 5.41) is 34.3. The monoisotopic (exact) mass is 291 g/mol. The van der Waals surface area contributed by atoms with Crippen molar-refractivity contribution in [3.8, 4) is 0 Å². The maximum Gasteiger partial charge on any atom is 0.488 e. The van der Waals surface area contributed by atoms with Crippen LogP contribution in [0.2, 0.25) is 0 Å². The summed E-state index contributed by atoms with van der Waals surface area (Å²) in [6.07, 6.45) is 3.89. The lowest BCUT2D eigenvalue weighted by Gasteiger charge is -2.23. The van der Waals surface area contributed by atoms with Gasteiger partial charge in [-0.15, -0.1) is 0 Å². The van der Waals surface area contributed by atoms with Gasteiger partial charge >= 0.3 is 7.12 Å². The number of aromatic nitrogens is 2. The van der Waals surface area contributed by atoms with E-state index >= 15 is 0 Å². The van der Waals surface area contributed by atoms with Gasteiger partial charge in [0.1, 0.15) is 0 Å². The number of ether oxygens (including phenoxy) is 1. The minimum Gasteiger partial charge on any atom is -0.423 e. The van der Waals surface area contributed by atoms with E-state index in [1.165, 1.54) is 12.3 Å². The predicted octanol–water partition coefficient (Wildman–Crippen LogP) is 0.323. The van der Waals surface area contributed by atoms with Crippen molar-refractivity contribution < 1.29 is 19.7 Å². The number of fused-ring (bicyclic) bond motifs is 1. The average molecular weight is 291 g/mol. The van der Waals surface area contributed by atoms with Crippen LogP contribution in [0.1, 0.15) is 25.5 Å². The lowest BCUT2D eigenvalue weighted by Crippen LogP contribution is -2.30. The molecule has 2 N–H and O–H groups in total. The lowest BCUT2D eigenvalue weighted by atomic mass is 9.79. The third-order valence-electron chi connectivity index (χ3n) is 3.64. The molecule has 8 nitrogen and oxygen atoms in total. The highest BCUT2D eigenvalue weighted by atomic mass is 16.6. The SMILES string of the molecule is O=[N+]([O-])c1cc(B(O)O)cc2c1cnn2C1CCCCO1. The van der Waals surface area contributed by atoms with E-state index in [1.807, 2.05) is 0 Å². The molecule has 1 aromatic heterocycles. The first-order valence-corrected chi connectivity index (χ1v) is 6.71. The number of hydrogen-bond donors (Lipinski definition) is 2. The normalized spacial score (nSPS) is 18.9. The van der Waals surface area contributed by atoms with Crippen molar-refractivity contribution in [2.45, 2.75) is 25.5 Å². The Balaban J connectivity index is 2.16. The third kappa shape index (κ3) is 2.50. The Hall–Kier alpha value is -1.97. The van der Waals surface area contributed by atoms with Crippen molar-refractivity contribution in [2.24, 2.45) is 0 Å². The quantitative estimate of drug-likeness (QED) is 0.479. The van der Waals surface area contributed by atoms with Crippen LogP contribution in [-0.4, -0.2) is 38.5 Å². The molecule has 0 spiro atoms. The first-order chi connectivity index (χ1) is 10.1. The second-order valence-electron chi connectivity index (χ2n) is 5.01. The van der Waals surface area contributed by atoms with Crippen molar-refractivity contribution in [2.75, 3.05) is 6.61 Å². The molecular weight excluding hydrogens is 277 g/mol. The third-order valence-corrected chi connectivity index (χ3v) is 3.64. The van der Waals surface area contributed by atoms with Gasteiger partial charge in [0, 0.05) is 12.7 Å². The molecule has 1 saturated heterocycles. The standard InChI is InChI=1S/C12H14BN3O5/c17-13(18)8-5-10-9(11(6-8)16(19)20)7-14-15(10)12-3-1-2-4-21-12/h5-7,12,17-18H,1-4H2. The highest BCUT2D eigenvalue weighted by Gasteiger charge is 2.25. The molecule has 1 fully saturated rings. The maximum atomic E-state index is 11.1. The lowest BCUT2D eigenvalue weighted by molar-refractivity contribution is -0.383. The van der Waals surface area contributed by atoms with Crippen LogP contribution in [0.3, 0.4) is 0 Å². The van der Waals surface area contributed by atoms with E-state index in [0.29, 0.717) is 17.5 Å². The molecule has 0 aliphatic carbocycles. The topological polar surface area (TPSA) is 111 Å². The minimum atomic E-state index is -1.77. The summed E-state index contributed by atoms with van der Waals surface area (Å²) in [7, 11) is -1.77. The molecule has 1 aromatic carbocycles. The van der Waals surface area contributed by atoms with Crippen LogP contribution in [0.4, 0.5) is 5.69 Å². The number of non-ortho nitro benzene ring substituents is 1. The fourth-order valence-electron chi connectivity index (χ4n) is 2.59. The molecule has 0 saturated carbocycles. The summed E-state index contributed by atoms with van der Waals surface area (Å²) in [6, 6.07) is 2.65. The van der Waals surface area contributed by atoms with Crippen LogP contribution in [0, 0.1) is 10.1 Å². The van der Waals surface area contributed by atoms with E-state index < -0.39 is 12.0 Å². The van der Waals surface area contributed by atoms with Gasteiger partial charge in [-0.1, -0.05) is 0 Å². The molecule has 1 unspecified atom stereocenters. The second kappa shape index (κ2) is 5.43. The first kappa shape index (κ1) is 14.0. The molecule has 1 aliphatic heterocycles. The Morgan fingerprint density at radius 3 is 2.86 bits per heavy atom. The summed E-state index contributed by atoms with van der Waals surface area (Å²) in [5.41, 5.74) is 0.337. The molecule has 2 aromatic rings. The summed E-state index contributed by atoms with van der Waals surface area (Å²) < 4.78 is 7.21. The van der Waals surface area contributed by atoms with Crippen LogP contribution in [-0.2, 0) is 4.74 Å². The summed E-state index contributed by atoms with van der Waals surface area (Å²) in [4.78, 5) is 10.6. The average Bonchev–Trinajstić information content (AvgIpc) is 2.90. The Morgan fingerprint density at radius 2 is 2.24 bits per heavy atom. The smallest absolute Gasteiger partial charge is 0.423 e. The van der Waals surface area contributed by atoms with Gasteiger partial charge < -0.3 is 14.8 Å². The van der Waals surface area contributed by atoms with E-state index in [1.54, 1.807) is 4.68 Å². The van der Waals surface area contributed by atoms with E-state index in [0.717, 1.165) is 25.3 Å². The highest BCUT2D eigenvalue weighted by Crippen LogP contribution is 2.29. The summed E-state index contributed by atoms with van der Waals surface area (Å²) in [6.45, 7) is 0.621. The number of nitrogens with zero attached hydrogens (tertiary/aromatic N) is 3. The molecule has 3 rings (SSSR count). The maximum absolute atomic E-state index is 11.1. The molecule has 1 aliphatic rings. The van der Waals surface area contributed by atoms with Gasteiger partial charge in [0.05, 0.1) is 22.0 Å². The van der Waals surface area contributed by atoms with Gasteiger partial charge in [-0.25, -0.2) is 4.68 Å². The van der Waals surface area contributed by atoms with Crippen LogP contribution in [0.5, 0.6) is 0 Å². The molecule has 21 heavy (non-hydrogen) atoms. The number of nitro benzene ring substituents is 1. The van der Waals surface area contributed by atoms with E-state index in [-0.39, 0.29) is 17.4 Å². The van der Waals surface area contributed by atoms with Gasteiger partial charge in [-0.3, -0.25) is 10.1 Å². The molecule has 0 amide bonds. The van der Waals surface area contributed by atoms with Crippen LogP contribution >= 0.6 is 0 Å². The Bertz CT molecular complexity index is 681. The highest BCUT2D eigenvalue weighted by molar-refractivity contribution is 6.59. The Labute approximate surface area is 120 Å². The van der Waals surface area contributed by atoms with E-state index in [2.05, 4.69) is 5.10 Å². The van der Waals surface area contributed by atoms with Gasteiger partial charge in [0.2, 0.25) is 0 Å². The van der Waals surface area contributed by atoms with Gasteiger partial charge in [-0.05, 0) is 30.8 Å². The van der Waals surface area contributed by atoms with Crippen molar-refractivity contribution in [1.82, 2.24) is 9.78 Å². The van der Waals surface area contributed by atoms with Gasteiger partial charge in [0.25, 0.3) is 5.69 Å². The molecule has 0 bridgehead atoms. The van der Waals surface area contributed by atoms with E-state index in [9.17, 15) is 20.2 Å². The molecule has 1 atom stereocenters. The fraction of sp³-hybridized carbons (Fsp3) is 0.417. The van der Waals surface area contributed by atoms with Crippen molar-refractivity contribution >= 4 is 29.2 Å².